The summed E-state index contributed by atoms with van der Waals surface area (Å²) in [5.74, 6) is 0.550. The molecule has 0 heterocycles. The second kappa shape index (κ2) is 8.45. The molecule has 1 N–H and O–H groups in total. The standard InChI is InChI=1S/C21H18N2O2/c24-21(19-9-5-2-6-10-19)23-22-15-17-11-13-20(14-12-17)25-16-18-7-3-1-4-8-18/h1-15H,16H2,(H,23,24)/b22-15-. The number of carbonyl (C=O) groups excluding carboxylic acids is 1. The number of carbonyl (C=O) groups is 1. The zero-order valence-corrected chi connectivity index (χ0v) is 13.6. The van der Waals surface area contributed by atoms with E-state index in [0.717, 1.165) is 16.9 Å². The first kappa shape index (κ1) is 16.5. The van der Waals surface area contributed by atoms with Gasteiger partial charge in [0.05, 0.1) is 6.21 Å². The third-order valence-corrected chi connectivity index (χ3v) is 3.54. The van der Waals surface area contributed by atoms with Crippen molar-refractivity contribution < 1.29 is 9.53 Å². The first-order valence-corrected chi connectivity index (χ1v) is 7.96. The zero-order valence-electron chi connectivity index (χ0n) is 13.6. The lowest BCUT2D eigenvalue weighted by molar-refractivity contribution is 0.0955. The van der Waals surface area contributed by atoms with E-state index in [1.807, 2.05) is 72.8 Å². The number of nitrogens with zero attached hydrogens (tertiary/aromatic N) is 1. The highest BCUT2D eigenvalue weighted by Gasteiger charge is 2.01. The minimum atomic E-state index is -0.236. The Bertz CT molecular complexity index is 829. The van der Waals surface area contributed by atoms with Crippen LogP contribution in [0.15, 0.2) is 90.0 Å². The lowest BCUT2D eigenvalue weighted by atomic mass is 10.2. The Balaban J connectivity index is 1.51. The van der Waals surface area contributed by atoms with Gasteiger partial charge >= 0.3 is 0 Å². The van der Waals surface area contributed by atoms with Crippen molar-refractivity contribution >= 4 is 12.1 Å². The SMILES string of the molecule is O=C(N/N=C\c1ccc(OCc2ccccc2)cc1)c1ccccc1. The molecule has 3 aromatic carbocycles. The van der Waals surface area contributed by atoms with Gasteiger partial charge in [-0.05, 0) is 47.5 Å². The first-order valence-electron chi connectivity index (χ1n) is 7.96. The largest absolute Gasteiger partial charge is 0.489 e. The van der Waals surface area contributed by atoms with E-state index in [1.165, 1.54) is 0 Å². The quantitative estimate of drug-likeness (QED) is 0.548. The molecule has 0 bridgehead atoms. The van der Waals surface area contributed by atoms with E-state index in [4.69, 9.17) is 4.74 Å². The molecule has 0 aliphatic carbocycles. The van der Waals surface area contributed by atoms with E-state index in [-0.39, 0.29) is 5.91 Å². The van der Waals surface area contributed by atoms with Crippen LogP contribution in [0, 0.1) is 0 Å². The van der Waals surface area contributed by atoms with Gasteiger partial charge in [-0.2, -0.15) is 5.10 Å². The average molecular weight is 330 g/mol. The Morgan fingerprint density at radius 2 is 1.52 bits per heavy atom. The molecule has 0 fully saturated rings. The van der Waals surface area contributed by atoms with Crippen LogP contribution in [0.25, 0.3) is 0 Å². The van der Waals surface area contributed by atoms with E-state index < -0.39 is 0 Å². The summed E-state index contributed by atoms with van der Waals surface area (Å²) in [5, 5.41) is 3.98. The molecule has 0 aliphatic heterocycles. The number of hydrogen-bond donors (Lipinski definition) is 1. The van der Waals surface area contributed by atoms with E-state index in [0.29, 0.717) is 12.2 Å². The van der Waals surface area contributed by atoms with Gasteiger partial charge in [0.2, 0.25) is 0 Å². The lowest BCUT2D eigenvalue weighted by Gasteiger charge is -2.06. The summed E-state index contributed by atoms with van der Waals surface area (Å²) in [6.07, 6.45) is 1.60. The molecule has 3 rings (SSSR count). The highest BCUT2D eigenvalue weighted by atomic mass is 16.5. The van der Waals surface area contributed by atoms with Gasteiger partial charge in [0, 0.05) is 5.56 Å². The minimum Gasteiger partial charge on any atom is -0.489 e. The van der Waals surface area contributed by atoms with E-state index in [9.17, 15) is 4.79 Å². The van der Waals surface area contributed by atoms with Gasteiger partial charge in [0.25, 0.3) is 5.91 Å². The maximum absolute atomic E-state index is 11.9. The fourth-order valence-electron chi connectivity index (χ4n) is 2.21. The molecular formula is C21H18N2O2. The maximum atomic E-state index is 11.9. The average Bonchev–Trinajstić information content (AvgIpc) is 2.69. The van der Waals surface area contributed by atoms with Crippen molar-refractivity contribution in [2.24, 2.45) is 5.10 Å². The van der Waals surface area contributed by atoms with Crippen LogP contribution in [0.1, 0.15) is 21.5 Å². The van der Waals surface area contributed by atoms with Gasteiger partial charge in [-0.1, -0.05) is 48.5 Å². The summed E-state index contributed by atoms with van der Waals surface area (Å²) in [6, 6.07) is 26.5. The van der Waals surface area contributed by atoms with Crippen molar-refractivity contribution in [1.29, 1.82) is 0 Å². The van der Waals surface area contributed by atoms with Crippen molar-refractivity contribution in [3.05, 3.63) is 102 Å². The van der Waals surface area contributed by atoms with Crippen LogP contribution in [-0.4, -0.2) is 12.1 Å². The van der Waals surface area contributed by atoms with Gasteiger partial charge in [-0.3, -0.25) is 4.79 Å². The molecule has 1 amide bonds. The van der Waals surface area contributed by atoms with Crippen LogP contribution in [0.2, 0.25) is 0 Å². The molecule has 0 spiro atoms. The second-order valence-corrected chi connectivity index (χ2v) is 5.41. The molecule has 0 aromatic heterocycles. The third kappa shape index (κ3) is 5.04. The van der Waals surface area contributed by atoms with Gasteiger partial charge in [0.1, 0.15) is 12.4 Å². The number of amides is 1. The number of hydrazone groups is 1. The summed E-state index contributed by atoms with van der Waals surface area (Å²) in [7, 11) is 0. The van der Waals surface area contributed by atoms with Crippen molar-refractivity contribution in [1.82, 2.24) is 5.43 Å². The Morgan fingerprint density at radius 3 is 2.20 bits per heavy atom. The van der Waals surface area contributed by atoms with Crippen LogP contribution in [-0.2, 0) is 6.61 Å². The molecule has 4 heteroatoms. The molecule has 0 saturated heterocycles. The maximum Gasteiger partial charge on any atom is 0.271 e. The molecule has 0 saturated carbocycles. The number of rotatable bonds is 6. The highest BCUT2D eigenvalue weighted by Crippen LogP contribution is 2.13. The van der Waals surface area contributed by atoms with Crippen molar-refractivity contribution in [3.63, 3.8) is 0 Å². The minimum absolute atomic E-state index is 0.236. The highest BCUT2D eigenvalue weighted by molar-refractivity contribution is 5.94. The monoisotopic (exact) mass is 330 g/mol. The van der Waals surface area contributed by atoms with Gasteiger partial charge < -0.3 is 4.74 Å². The molecule has 4 nitrogen and oxygen atoms in total. The second-order valence-electron chi connectivity index (χ2n) is 5.41. The van der Waals surface area contributed by atoms with Gasteiger partial charge in [0.15, 0.2) is 0 Å². The van der Waals surface area contributed by atoms with Crippen LogP contribution < -0.4 is 10.2 Å². The normalized spacial score (nSPS) is 10.6. The van der Waals surface area contributed by atoms with Crippen molar-refractivity contribution in [2.45, 2.75) is 6.61 Å². The molecule has 124 valence electrons. The van der Waals surface area contributed by atoms with Gasteiger partial charge in [-0.25, -0.2) is 5.43 Å². The summed E-state index contributed by atoms with van der Waals surface area (Å²) >= 11 is 0. The molecule has 0 atom stereocenters. The Morgan fingerprint density at radius 1 is 0.880 bits per heavy atom. The van der Waals surface area contributed by atoms with E-state index in [2.05, 4.69) is 10.5 Å². The van der Waals surface area contributed by atoms with Crippen LogP contribution >= 0.6 is 0 Å². The molecule has 0 unspecified atom stereocenters. The number of benzene rings is 3. The molecular weight excluding hydrogens is 312 g/mol. The van der Waals surface area contributed by atoms with Crippen molar-refractivity contribution in [3.8, 4) is 5.75 Å². The lowest BCUT2D eigenvalue weighted by Crippen LogP contribution is -2.17. The van der Waals surface area contributed by atoms with E-state index in [1.54, 1.807) is 18.3 Å². The fraction of sp³-hybridized carbons (Fsp3) is 0.0476. The molecule has 3 aromatic rings. The first-order chi connectivity index (χ1) is 12.3. The smallest absolute Gasteiger partial charge is 0.271 e. The van der Waals surface area contributed by atoms with Crippen LogP contribution in [0.5, 0.6) is 5.75 Å². The number of hydrogen-bond acceptors (Lipinski definition) is 3. The zero-order chi connectivity index (χ0) is 17.3. The third-order valence-electron chi connectivity index (χ3n) is 3.54. The summed E-state index contributed by atoms with van der Waals surface area (Å²) in [5.41, 5.74) is 5.08. The Kier molecular flexibility index (Phi) is 5.56. The molecule has 0 aliphatic rings. The summed E-state index contributed by atoms with van der Waals surface area (Å²) in [4.78, 5) is 11.9. The topological polar surface area (TPSA) is 50.7 Å². The number of ether oxygens (including phenoxy) is 1. The van der Waals surface area contributed by atoms with Crippen molar-refractivity contribution in [2.75, 3.05) is 0 Å². The van der Waals surface area contributed by atoms with E-state index >= 15 is 0 Å². The van der Waals surface area contributed by atoms with Crippen LogP contribution in [0.4, 0.5) is 0 Å². The summed E-state index contributed by atoms with van der Waals surface area (Å²) < 4.78 is 5.73. The predicted molar refractivity (Wildman–Crippen MR) is 98.7 cm³/mol. The van der Waals surface area contributed by atoms with Gasteiger partial charge in [-0.15, -0.1) is 0 Å². The fourth-order valence-corrected chi connectivity index (χ4v) is 2.21. The summed E-state index contributed by atoms with van der Waals surface area (Å²) in [6.45, 7) is 0.529. The number of nitrogens with one attached hydrogen (secondary N) is 1. The molecule has 0 radical (unpaired) electrons. The van der Waals surface area contributed by atoms with Crippen LogP contribution in [0.3, 0.4) is 0 Å². The predicted octanol–water partition coefficient (Wildman–Crippen LogP) is 4.03. The Hall–Kier alpha value is -3.40. The molecule has 25 heavy (non-hydrogen) atoms. The Labute approximate surface area is 146 Å².